The van der Waals surface area contributed by atoms with E-state index in [-0.39, 0.29) is 12.1 Å². The van der Waals surface area contributed by atoms with Gasteiger partial charge in [-0.2, -0.15) is 0 Å². The highest BCUT2D eigenvalue weighted by molar-refractivity contribution is 5.66. The molecule has 0 aromatic heterocycles. The zero-order valence-electron chi connectivity index (χ0n) is 7.29. The van der Waals surface area contributed by atoms with E-state index in [1.54, 1.807) is 6.08 Å². The third kappa shape index (κ3) is 5.65. The summed E-state index contributed by atoms with van der Waals surface area (Å²) in [6.45, 7) is 4.88. The summed E-state index contributed by atoms with van der Waals surface area (Å²) in [6, 6.07) is 0. The van der Waals surface area contributed by atoms with Crippen LogP contribution in [0.3, 0.4) is 0 Å². The van der Waals surface area contributed by atoms with E-state index in [9.17, 15) is 9.59 Å². The predicted molar refractivity (Wildman–Crippen MR) is 45.7 cm³/mol. The Hall–Kier alpha value is -1.12. The van der Waals surface area contributed by atoms with Crippen LogP contribution in [0.25, 0.3) is 0 Å². The van der Waals surface area contributed by atoms with Gasteiger partial charge < -0.3 is 9.53 Å². The number of carbonyl (C=O) groups excluding carboxylic acids is 2. The molecule has 0 aliphatic carbocycles. The molecule has 0 aromatic rings. The van der Waals surface area contributed by atoms with Crippen LogP contribution in [-0.2, 0) is 14.3 Å². The Labute approximate surface area is 72.4 Å². The van der Waals surface area contributed by atoms with E-state index in [1.807, 2.05) is 0 Å². The molecule has 0 amide bonds. The van der Waals surface area contributed by atoms with Crippen molar-refractivity contribution in [2.75, 3.05) is 0 Å². The monoisotopic (exact) mass is 170 g/mol. The van der Waals surface area contributed by atoms with Gasteiger partial charge in [-0.1, -0.05) is 12.7 Å². The topological polar surface area (TPSA) is 43.4 Å². The molecule has 1 unspecified atom stereocenters. The van der Waals surface area contributed by atoms with Crippen LogP contribution < -0.4 is 0 Å². The Balaban J connectivity index is 3.59. The summed E-state index contributed by atoms with van der Waals surface area (Å²) >= 11 is 0. The second-order valence-corrected chi connectivity index (χ2v) is 2.48. The molecule has 0 bridgehead atoms. The molecule has 68 valence electrons. The number of esters is 1. The van der Waals surface area contributed by atoms with Gasteiger partial charge in [0.1, 0.15) is 12.4 Å². The highest BCUT2D eigenvalue weighted by atomic mass is 16.5. The van der Waals surface area contributed by atoms with Gasteiger partial charge in [-0.15, -0.1) is 0 Å². The number of aldehydes is 1. The SMILES string of the molecule is C=CC(CCCC=O)OC(C)=O. The first-order chi connectivity index (χ1) is 5.70. The lowest BCUT2D eigenvalue weighted by molar-refractivity contribution is -0.144. The molecule has 0 fully saturated rings. The number of unbranched alkanes of at least 4 members (excludes halogenated alkanes) is 1. The number of hydrogen-bond donors (Lipinski definition) is 0. The standard InChI is InChI=1S/C9H14O3/c1-3-9(12-8(2)11)6-4-5-7-10/h3,7,9H,1,4-6H2,2H3. The molecule has 12 heavy (non-hydrogen) atoms. The lowest BCUT2D eigenvalue weighted by Gasteiger charge is -2.10. The fourth-order valence-electron chi connectivity index (χ4n) is 0.840. The van der Waals surface area contributed by atoms with E-state index < -0.39 is 0 Å². The number of carbonyl (C=O) groups is 2. The molecule has 0 rings (SSSR count). The second-order valence-electron chi connectivity index (χ2n) is 2.48. The molecule has 0 radical (unpaired) electrons. The zero-order valence-corrected chi connectivity index (χ0v) is 7.29. The minimum absolute atomic E-state index is 0.248. The number of rotatable bonds is 6. The lowest BCUT2D eigenvalue weighted by Crippen LogP contribution is -2.13. The fraction of sp³-hybridized carbons (Fsp3) is 0.556. The van der Waals surface area contributed by atoms with Gasteiger partial charge in [-0.3, -0.25) is 4.79 Å². The molecule has 0 aromatic carbocycles. The highest BCUT2D eigenvalue weighted by Crippen LogP contribution is 2.05. The van der Waals surface area contributed by atoms with Crippen molar-refractivity contribution in [3.05, 3.63) is 12.7 Å². The Morgan fingerprint density at radius 2 is 2.33 bits per heavy atom. The quantitative estimate of drug-likeness (QED) is 0.262. The van der Waals surface area contributed by atoms with Crippen LogP contribution in [0.1, 0.15) is 26.2 Å². The van der Waals surface area contributed by atoms with Crippen LogP contribution >= 0.6 is 0 Å². The molecule has 0 saturated carbocycles. The van der Waals surface area contributed by atoms with Gasteiger partial charge in [-0.05, 0) is 12.8 Å². The summed E-state index contributed by atoms with van der Waals surface area (Å²) in [5.74, 6) is -0.314. The van der Waals surface area contributed by atoms with Gasteiger partial charge in [0.2, 0.25) is 0 Å². The Kier molecular flexibility index (Phi) is 5.97. The predicted octanol–water partition coefficient (Wildman–Crippen LogP) is 1.47. The highest BCUT2D eigenvalue weighted by Gasteiger charge is 2.05. The Morgan fingerprint density at radius 1 is 1.67 bits per heavy atom. The molecule has 0 aliphatic rings. The summed E-state index contributed by atoms with van der Waals surface area (Å²) in [5.41, 5.74) is 0. The van der Waals surface area contributed by atoms with E-state index >= 15 is 0 Å². The van der Waals surface area contributed by atoms with Crippen molar-refractivity contribution in [3.63, 3.8) is 0 Å². The van der Waals surface area contributed by atoms with Crippen molar-refractivity contribution in [3.8, 4) is 0 Å². The van der Waals surface area contributed by atoms with E-state index in [2.05, 4.69) is 6.58 Å². The van der Waals surface area contributed by atoms with Crippen LogP contribution in [0.2, 0.25) is 0 Å². The van der Waals surface area contributed by atoms with E-state index in [0.29, 0.717) is 12.8 Å². The number of hydrogen-bond acceptors (Lipinski definition) is 3. The van der Waals surface area contributed by atoms with Gasteiger partial charge in [0, 0.05) is 13.3 Å². The van der Waals surface area contributed by atoms with E-state index in [4.69, 9.17) is 4.74 Å². The van der Waals surface area contributed by atoms with Crippen LogP contribution in [0.4, 0.5) is 0 Å². The molecular weight excluding hydrogens is 156 g/mol. The molecule has 0 N–H and O–H groups in total. The fourth-order valence-corrected chi connectivity index (χ4v) is 0.840. The maximum atomic E-state index is 10.5. The Bertz CT molecular complexity index is 163. The lowest BCUT2D eigenvalue weighted by atomic mass is 10.1. The maximum absolute atomic E-state index is 10.5. The first kappa shape index (κ1) is 10.9. The molecule has 0 saturated heterocycles. The summed E-state index contributed by atoms with van der Waals surface area (Å²) in [4.78, 5) is 20.5. The largest absolute Gasteiger partial charge is 0.458 e. The smallest absolute Gasteiger partial charge is 0.303 e. The van der Waals surface area contributed by atoms with Gasteiger partial charge >= 0.3 is 5.97 Å². The average molecular weight is 170 g/mol. The van der Waals surface area contributed by atoms with Crippen molar-refractivity contribution in [2.24, 2.45) is 0 Å². The summed E-state index contributed by atoms with van der Waals surface area (Å²) in [5, 5.41) is 0. The first-order valence-electron chi connectivity index (χ1n) is 3.94. The van der Waals surface area contributed by atoms with Crippen LogP contribution in [0.15, 0.2) is 12.7 Å². The average Bonchev–Trinajstić information content (AvgIpc) is 2.02. The third-order valence-electron chi connectivity index (χ3n) is 1.39. The third-order valence-corrected chi connectivity index (χ3v) is 1.39. The van der Waals surface area contributed by atoms with Crippen molar-refractivity contribution >= 4 is 12.3 Å². The summed E-state index contributed by atoms with van der Waals surface area (Å²) in [6.07, 6.45) is 4.09. The minimum atomic E-state index is -0.314. The molecule has 0 heterocycles. The van der Waals surface area contributed by atoms with Crippen LogP contribution in [-0.4, -0.2) is 18.4 Å². The van der Waals surface area contributed by atoms with Crippen molar-refractivity contribution in [2.45, 2.75) is 32.3 Å². The molecule has 3 nitrogen and oxygen atoms in total. The summed E-state index contributed by atoms with van der Waals surface area (Å²) in [7, 11) is 0. The number of ether oxygens (including phenoxy) is 1. The van der Waals surface area contributed by atoms with Crippen LogP contribution in [0.5, 0.6) is 0 Å². The van der Waals surface area contributed by atoms with Crippen LogP contribution in [0, 0.1) is 0 Å². The van der Waals surface area contributed by atoms with E-state index in [1.165, 1.54) is 6.92 Å². The normalized spacial score (nSPS) is 11.8. The minimum Gasteiger partial charge on any atom is -0.458 e. The van der Waals surface area contributed by atoms with Gasteiger partial charge in [0.15, 0.2) is 0 Å². The maximum Gasteiger partial charge on any atom is 0.303 e. The molecular formula is C9H14O3. The van der Waals surface area contributed by atoms with Crippen molar-refractivity contribution in [1.29, 1.82) is 0 Å². The van der Waals surface area contributed by atoms with Gasteiger partial charge in [0.05, 0.1) is 0 Å². The molecule has 0 spiro atoms. The summed E-state index contributed by atoms with van der Waals surface area (Å²) < 4.78 is 4.87. The molecule has 3 heteroatoms. The zero-order chi connectivity index (χ0) is 9.40. The molecule has 1 atom stereocenters. The van der Waals surface area contributed by atoms with Gasteiger partial charge in [0.25, 0.3) is 0 Å². The molecule has 0 aliphatic heterocycles. The van der Waals surface area contributed by atoms with Crippen molar-refractivity contribution in [1.82, 2.24) is 0 Å². The van der Waals surface area contributed by atoms with Gasteiger partial charge in [-0.25, -0.2) is 0 Å². The second kappa shape index (κ2) is 6.58. The first-order valence-corrected chi connectivity index (χ1v) is 3.94. The van der Waals surface area contributed by atoms with Crippen molar-refractivity contribution < 1.29 is 14.3 Å². The Morgan fingerprint density at radius 3 is 2.75 bits per heavy atom. The van der Waals surface area contributed by atoms with E-state index in [0.717, 1.165) is 12.7 Å².